The highest BCUT2D eigenvalue weighted by Crippen LogP contribution is 2.20. The summed E-state index contributed by atoms with van der Waals surface area (Å²) in [6.07, 6.45) is 2.63. The van der Waals surface area contributed by atoms with E-state index in [0.29, 0.717) is 19.3 Å². The van der Waals surface area contributed by atoms with Crippen LogP contribution < -0.4 is 26.6 Å². The average molecular weight is 627 g/mol. The van der Waals surface area contributed by atoms with Crippen LogP contribution in [0, 0.1) is 11.8 Å². The normalized spacial score (nSPS) is 23.0. The summed E-state index contributed by atoms with van der Waals surface area (Å²) in [4.78, 5) is 81.4. The molecule has 5 amide bonds. The summed E-state index contributed by atoms with van der Waals surface area (Å²) >= 11 is 0. The molecule has 45 heavy (non-hydrogen) atoms. The molecule has 13 heteroatoms. The van der Waals surface area contributed by atoms with E-state index in [1.807, 2.05) is 52.0 Å². The van der Waals surface area contributed by atoms with Gasteiger partial charge in [0.25, 0.3) is 0 Å². The first-order chi connectivity index (χ1) is 21.3. The molecule has 2 heterocycles. The summed E-state index contributed by atoms with van der Waals surface area (Å²) in [6.45, 7) is 7.79. The van der Waals surface area contributed by atoms with E-state index in [1.165, 1.54) is 0 Å². The number of hydrogen-bond donors (Lipinski definition) is 7. The van der Waals surface area contributed by atoms with Crippen molar-refractivity contribution in [2.75, 3.05) is 6.54 Å². The van der Waals surface area contributed by atoms with Crippen molar-refractivity contribution in [3.05, 3.63) is 36.0 Å². The van der Waals surface area contributed by atoms with Gasteiger partial charge >= 0.3 is 5.97 Å². The van der Waals surface area contributed by atoms with E-state index in [4.69, 9.17) is 0 Å². The number of carbonyl (C=O) groups is 6. The Balaban J connectivity index is 1.98. The van der Waals surface area contributed by atoms with Gasteiger partial charge in [-0.05, 0) is 49.1 Å². The Bertz CT molecular complexity index is 1370. The molecule has 0 bridgehead atoms. The van der Waals surface area contributed by atoms with Crippen molar-refractivity contribution in [3.8, 4) is 0 Å². The number of carbonyl (C=O) groups excluding carboxylic acids is 5. The molecule has 1 aliphatic heterocycles. The van der Waals surface area contributed by atoms with Gasteiger partial charge in [-0.2, -0.15) is 0 Å². The molecule has 1 aromatic carbocycles. The Morgan fingerprint density at radius 2 is 1.36 bits per heavy atom. The number of aromatic nitrogens is 1. The number of H-pyrrole nitrogens is 1. The van der Waals surface area contributed by atoms with E-state index in [2.05, 4.69) is 31.6 Å². The number of nitrogens with one attached hydrogen (secondary N) is 6. The predicted octanol–water partition coefficient (Wildman–Crippen LogP) is 1.52. The summed E-state index contributed by atoms with van der Waals surface area (Å²) in [6, 6.07) is 2.94. The molecule has 2 aromatic rings. The minimum Gasteiger partial charge on any atom is -0.481 e. The molecule has 1 saturated heterocycles. The fourth-order valence-corrected chi connectivity index (χ4v) is 5.35. The van der Waals surface area contributed by atoms with E-state index < -0.39 is 60.2 Å². The Kier molecular flexibility index (Phi) is 12.9. The average Bonchev–Trinajstić information content (AvgIpc) is 3.36. The largest absolute Gasteiger partial charge is 0.481 e. The van der Waals surface area contributed by atoms with Crippen LogP contribution in [0.1, 0.15) is 71.8 Å². The maximum Gasteiger partial charge on any atom is 0.305 e. The molecule has 1 fully saturated rings. The van der Waals surface area contributed by atoms with Crippen LogP contribution in [-0.2, 0) is 35.2 Å². The first-order valence-corrected chi connectivity index (χ1v) is 15.6. The number of rotatable bonds is 8. The van der Waals surface area contributed by atoms with E-state index in [9.17, 15) is 33.9 Å². The van der Waals surface area contributed by atoms with Crippen molar-refractivity contribution in [2.24, 2.45) is 11.8 Å². The molecule has 4 atom stereocenters. The number of carboxylic acids is 1. The van der Waals surface area contributed by atoms with Crippen LogP contribution >= 0.6 is 0 Å². The molecule has 3 rings (SSSR count). The Hall–Kier alpha value is -4.42. The Morgan fingerprint density at radius 1 is 0.778 bits per heavy atom. The summed E-state index contributed by atoms with van der Waals surface area (Å²) in [7, 11) is 0. The standard InChI is InChI=1S/C32H46N6O7/c1-18(2)13-23-30(43)36-24(14-19(3)4)31(44)37-25(15-20-17-34-22-10-6-5-9-21(20)22)32(45)38-26(16-28(40)41)29(42)33-12-8-7-11-27(39)35-23/h5-6,9-10,17-19,23-26,34H,7-8,11-16H2,1-4H3,(H,33,42)(H,35,39)(H,36,43)(H,37,44)(H,38,45)(H,40,41). The van der Waals surface area contributed by atoms with Gasteiger partial charge in [0.2, 0.25) is 29.5 Å². The lowest BCUT2D eigenvalue weighted by atomic mass is 9.98. The van der Waals surface area contributed by atoms with Crippen LogP contribution in [0.4, 0.5) is 0 Å². The highest BCUT2D eigenvalue weighted by atomic mass is 16.4. The number of amides is 5. The van der Waals surface area contributed by atoms with Crippen molar-refractivity contribution < 1.29 is 33.9 Å². The minimum absolute atomic E-state index is 0.0124. The van der Waals surface area contributed by atoms with Crippen molar-refractivity contribution >= 4 is 46.4 Å². The predicted molar refractivity (Wildman–Crippen MR) is 168 cm³/mol. The summed E-state index contributed by atoms with van der Waals surface area (Å²) in [5.74, 6) is -4.09. The molecule has 7 N–H and O–H groups in total. The molecule has 0 spiro atoms. The van der Waals surface area contributed by atoms with Crippen molar-refractivity contribution in [3.63, 3.8) is 0 Å². The topological polar surface area (TPSA) is 199 Å². The monoisotopic (exact) mass is 626 g/mol. The highest BCUT2D eigenvalue weighted by Gasteiger charge is 2.33. The van der Waals surface area contributed by atoms with E-state index in [0.717, 1.165) is 16.5 Å². The number of aromatic amines is 1. The zero-order chi connectivity index (χ0) is 33.1. The maximum absolute atomic E-state index is 13.8. The van der Waals surface area contributed by atoms with E-state index in [1.54, 1.807) is 6.20 Å². The van der Waals surface area contributed by atoms with E-state index in [-0.39, 0.29) is 43.6 Å². The second-order valence-corrected chi connectivity index (χ2v) is 12.5. The molecule has 1 aliphatic rings. The molecule has 1 aromatic heterocycles. The number of aliphatic carboxylic acids is 1. The number of fused-ring (bicyclic) bond motifs is 1. The summed E-state index contributed by atoms with van der Waals surface area (Å²) in [5.41, 5.74) is 1.54. The molecule has 246 valence electrons. The molecule has 0 aliphatic carbocycles. The van der Waals surface area contributed by atoms with Gasteiger partial charge in [0, 0.05) is 36.5 Å². The van der Waals surface area contributed by atoms with Gasteiger partial charge in [0.15, 0.2) is 0 Å². The first-order valence-electron chi connectivity index (χ1n) is 15.6. The Labute approximate surface area is 263 Å². The molecular formula is C32H46N6O7. The van der Waals surface area contributed by atoms with Gasteiger partial charge in [-0.3, -0.25) is 28.8 Å². The third kappa shape index (κ3) is 10.9. The minimum atomic E-state index is -1.40. The lowest BCUT2D eigenvalue weighted by molar-refractivity contribution is -0.141. The number of para-hydroxylation sites is 1. The fraction of sp³-hybridized carbons (Fsp3) is 0.562. The highest BCUT2D eigenvalue weighted by molar-refractivity contribution is 5.97. The maximum atomic E-state index is 13.8. The molecule has 0 saturated carbocycles. The van der Waals surface area contributed by atoms with E-state index >= 15 is 0 Å². The second kappa shape index (κ2) is 16.6. The third-order valence-electron chi connectivity index (χ3n) is 7.57. The van der Waals surface area contributed by atoms with Crippen LogP contribution in [0.5, 0.6) is 0 Å². The molecular weight excluding hydrogens is 580 g/mol. The summed E-state index contributed by atoms with van der Waals surface area (Å²) in [5, 5.41) is 23.8. The van der Waals surface area contributed by atoms with Crippen molar-refractivity contribution in [1.82, 2.24) is 31.6 Å². The molecule has 4 unspecified atom stereocenters. The third-order valence-corrected chi connectivity index (χ3v) is 7.57. The van der Waals surface area contributed by atoms with Gasteiger partial charge in [-0.25, -0.2) is 0 Å². The van der Waals surface area contributed by atoms with Crippen LogP contribution in [0.25, 0.3) is 10.9 Å². The van der Waals surface area contributed by atoms with Crippen molar-refractivity contribution in [1.29, 1.82) is 0 Å². The van der Waals surface area contributed by atoms with Gasteiger partial charge in [0.05, 0.1) is 6.42 Å². The van der Waals surface area contributed by atoms with Crippen LogP contribution in [0.3, 0.4) is 0 Å². The van der Waals surface area contributed by atoms with Gasteiger partial charge < -0.3 is 36.7 Å². The molecule has 13 nitrogen and oxygen atoms in total. The quantitative estimate of drug-likeness (QED) is 0.230. The fourth-order valence-electron chi connectivity index (χ4n) is 5.35. The zero-order valence-electron chi connectivity index (χ0n) is 26.4. The second-order valence-electron chi connectivity index (χ2n) is 12.5. The lowest BCUT2D eigenvalue weighted by Crippen LogP contribution is -2.59. The number of hydrogen-bond acceptors (Lipinski definition) is 6. The SMILES string of the molecule is CC(C)CC1NC(=O)CCCCNC(=O)C(CC(=O)O)NC(=O)C(Cc2c[nH]c3ccccc23)NC(=O)C(CC(C)C)NC1=O. The Morgan fingerprint density at radius 3 is 2.00 bits per heavy atom. The smallest absolute Gasteiger partial charge is 0.305 e. The van der Waals surface area contributed by atoms with Crippen LogP contribution in [0.2, 0.25) is 0 Å². The first kappa shape index (κ1) is 35.1. The van der Waals surface area contributed by atoms with Crippen LogP contribution in [-0.4, -0.2) is 76.3 Å². The number of benzene rings is 1. The molecule has 0 radical (unpaired) electrons. The van der Waals surface area contributed by atoms with Gasteiger partial charge in [-0.1, -0.05) is 45.9 Å². The van der Waals surface area contributed by atoms with Gasteiger partial charge in [0.1, 0.15) is 24.2 Å². The lowest BCUT2D eigenvalue weighted by Gasteiger charge is -2.27. The zero-order valence-corrected chi connectivity index (χ0v) is 26.4. The van der Waals surface area contributed by atoms with Crippen LogP contribution in [0.15, 0.2) is 30.5 Å². The van der Waals surface area contributed by atoms with Gasteiger partial charge in [-0.15, -0.1) is 0 Å². The number of carboxylic acid groups (broad SMARTS) is 1. The summed E-state index contributed by atoms with van der Waals surface area (Å²) < 4.78 is 0. The van der Waals surface area contributed by atoms with Crippen molar-refractivity contribution in [2.45, 2.75) is 96.8 Å².